The Bertz CT molecular complexity index is 365. The monoisotopic (exact) mass is 226 g/mol. The quantitative estimate of drug-likeness (QED) is 0.795. The number of thioether (sulfide) groups is 1. The molecule has 0 spiro atoms. The lowest BCUT2D eigenvalue weighted by Gasteiger charge is -2.05. The highest BCUT2D eigenvalue weighted by atomic mass is 35.5. The van der Waals surface area contributed by atoms with Gasteiger partial charge in [-0.2, -0.15) is 0 Å². The summed E-state index contributed by atoms with van der Waals surface area (Å²) in [6, 6.07) is 7.67. The molecule has 0 bridgehead atoms. The van der Waals surface area contributed by atoms with Crippen LogP contribution in [0.4, 0.5) is 5.69 Å². The number of amidine groups is 1. The summed E-state index contributed by atoms with van der Waals surface area (Å²) in [6.45, 7) is 3.06. The van der Waals surface area contributed by atoms with Crippen LogP contribution >= 0.6 is 23.4 Å². The minimum absolute atomic E-state index is 0.580. The van der Waals surface area contributed by atoms with Crippen molar-refractivity contribution in [2.45, 2.75) is 12.2 Å². The topological polar surface area (TPSA) is 24.4 Å². The first-order chi connectivity index (χ1) is 6.74. The third-order valence-electron chi connectivity index (χ3n) is 1.88. The van der Waals surface area contributed by atoms with Crippen LogP contribution in [0.25, 0.3) is 0 Å². The van der Waals surface area contributed by atoms with Crippen molar-refractivity contribution in [3.05, 3.63) is 29.3 Å². The lowest BCUT2D eigenvalue weighted by atomic mass is 10.3. The molecule has 1 aliphatic heterocycles. The van der Waals surface area contributed by atoms with Gasteiger partial charge in [0.2, 0.25) is 0 Å². The number of nitrogens with zero attached hydrogens (tertiary/aromatic N) is 1. The van der Waals surface area contributed by atoms with E-state index in [2.05, 4.69) is 17.2 Å². The van der Waals surface area contributed by atoms with E-state index < -0.39 is 0 Å². The van der Waals surface area contributed by atoms with Gasteiger partial charge in [0.05, 0.1) is 6.54 Å². The Morgan fingerprint density at radius 1 is 1.57 bits per heavy atom. The molecule has 0 fully saturated rings. The Balaban J connectivity index is 2.04. The van der Waals surface area contributed by atoms with Gasteiger partial charge in [0, 0.05) is 16.0 Å². The molecule has 0 aromatic heterocycles. The zero-order valence-electron chi connectivity index (χ0n) is 7.83. The highest BCUT2D eigenvalue weighted by Crippen LogP contribution is 2.23. The van der Waals surface area contributed by atoms with E-state index in [0.717, 1.165) is 22.4 Å². The van der Waals surface area contributed by atoms with Crippen LogP contribution in [0.1, 0.15) is 6.92 Å². The van der Waals surface area contributed by atoms with Gasteiger partial charge in [-0.3, -0.25) is 4.99 Å². The number of anilines is 1. The summed E-state index contributed by atoms with van der Waals surface area (Å²) in [6.07, 6.45) is 0. The molecule has 4 heteroatoms. The maximum absolute atomic E-state index is 5.87. The smallest absolute Gasteiger partial charge is 0.161 e. The summed E-state index contributed by atoms with van der Waals surface area (Å²) < 4.78 is 0. The van der Waals surface area contributed by atoms with Crippen molar-refractivity contribution in [3.63, 3.8) is 0 Å². The van der Waals surface area contributed by atoms with Gasteiger partial charge < -0.3 is 5.32 Å². The molecular weight excluding hydrogens is 216 g/mol. The molecule has 14 heavy (non-hydrogen) atoms. The number of hydrogen-bond donors (Lipinski definition) is 1. The number of benzene rings is 1. The number of halogens is 1. The van der Waals surface area contributed by atoms with Gasteiger partial charge in [0.25, 0.3) is 0 Å². The van der Waals surface area contributed by atoms with E-state index in [9.17, 15) is 0 Å². The number of hydrogen-bond acceptors (Lipinski definition) is 3. The fourth-order valence-electron chi connectivity index (χ4n) is 1.24. The van der Waals surface area contributed by atoms with Crippen molar-refractivity contribution in [2.24, 2.45) is 4.99 Å². The first-order valence-electron chi connectivity index (χ1n) is 4.48. The second-order valence-electron chi connectivity index (χ2n) is 3.21. The Labute approximate surface area is 92.8 Å². The van der Waals surface area contributed by atoms with Crippen molar-refractivity contribution in [2.75, 3.05) is 11.9 Å². The van der Waals surface area contributed by atoms with E-state index in [1.165, 1.54) is 0 Å². The normalized spacial score (nSPS) is 20.7. The van der Waals surface area contributed by atoms with Gasteiger partial charge in [0.15, 0.2) is 5.17 Å². The van der Waals surface area contributed by atoms with E-state index in [1.54, 1.807) is 11.8 Å². The summed E-state index contributed by atoms with van der Waals surface area (Å²) in [5.41, 5.74) is 0.998. The second kappa shape index (κ2) is 4.24. The van der Waals surface area contributed by atoms with Crippen molar-refractivity contribution in [1.82, 2.24) is 0 Å². The van der Waals surface area contributed by atoms with E-state index in [-0.39, 0.29) is 0 Å². The van der Waals surface area contributed by atoms with Crippen LogP contribution in [-0.4, -0.2) is 17.0 Å². The summed E-state index contributed by atoms with van der Waals surface area (Å²) in [4.78, 5) is 4.37. The molecule has 0 amide bonds. The molecule has 1 unspecified atom stereocenters. The van der Waals surface area contributed by atoms with Gasteiger partial charge in [-0.15, -0.1) is 0 Å². The summed E-state index contributed by atoms with van der Waals surface area (Å²) in [5, 5.41) is 5.55. The van der Waals surface area contributed by atoms with Crippen molar-refractivity contribution >= 4 is 34.2 Å². The molecule has 2 rings (SSSR count). The summed E-state index contributed by atoms with van der Waals surface area (Å²) in [7, 11) is 0. The van der Waals surface area contributed by atoms with Crippen LogP contribution in [0.15, 0.2) is 29.3 Å². The van der Waals surface area contributed by atoms with Crippen LogP contribution in [-0.2, 0) is 0 Å². The van der Waals surface area contributed by atoms with Crippen molar-refractivity contribution < 1.29 is 0 Å². The van der Waals surface area contributed by atoms with Crippen LogP contribution in [0.2, 0.25) is 5.02 Å². The second-order valence-corrected chi connectivity index (χ2v) is 5.07. The Morgan fingerprint density at radius 2 is 2.43 bits per heavy atom. The summed E-state index contributed by atoms with van der Waals surface area (Å²) >= 11 is 7.63. The van der Waals surface area contributed by atoms with Gasteiger partial charge in [-0.1, -0.05) is 36.4 Å². The first-order valence-corrected chi connectivity index (χ1v) is 5.73. The zero-order valence-corrected chi connectivity index (χ0v) is 9.40. The predicted octanol–water partition coefficient (Wildman–Crippen LogP) is 3.24. The fraction of sp³-hybridized carbons (Fsp3) is 0.300. The standard InChI is InChI=1S/C10H11ClN2S/c1-7-6-12-10(14-7)13-9-4-2-3-8(11)5-9/h2-5,7H,6H2,1H3,(H,12,13). The molecule has 0 radical (unpaired) electrons. The maximum Gasteiger partial charge on any atom is 0.161 e. The zero-order chi connectivity index (χ0) is 9.97. The van der Waals surface area contributed by atoms with Crippen LogP contribution in [0.5, 0.6) is 0 Å². The molecule has 1 aromatic carbocycles. The predicted molar refractivity (Wildman–Crippen MR) is 64.4 cm³/mol. The molecule has 2 nitrogen and oxygen atoms in total. The summed E-state index contributed by atoms with van der Waals surface area (Å²) in [5.74, 6) is 0. The molecule has 74 valence electrons. The van der Waals surface area contributed by atoms with E-state index in [1.807, 2.05) is 24.3 Å². The van der Waals surface area contributed by atoms with Gasteiger partial charge in [0.1, 0.15) is 0 Å². The molecule has 0 saturated carbocycles. The molecular formula is C10H11ClN2S. The molecule has 0 aliphatic carbocycles. The lowest BCUT2D eigenvalue weighted by Crippen LogP contribution is -2.05. The van der Waals surface area contributed by atoms with E-state index in [4.69, 9.17) is 11.6 Å². The molecule has 1 aromatic rings. The Kier molecular flexibility index (Phi) is 2.99. The number of nitrogens with one attached hydrogen (secondary N) is 1. The third-order valence-corrected chi connectivity index (χ3v) is 3.12. The average molecular weight is 227 g/mol. The third kappa shape index (κ3) is 2.42. The molecule has 1 heterocycles. The van der Waals surface area contributed by atoms with Gasteiger partial charge >= 0.3 is 0 Å². The Hall–Kier alpha value is -0.670. The molecule has 1 aliphatic rings. The molecule has 0 saturated heterocycles. The van der Waals surface area contributed by atoms with E-state index >= 15 is 0 Å². The number of aliphatic imine (C=N–C) groups is 1. The largest absolute Gasteiger partial charge is 0.335 e. The lowest BCUT2D eigenvalue weighted by molar-refractivity contribution is 0.976. The highest BCUT2D eigenvalue weighted by molar-refractivity contribution is 8.15. The van der Waals surface area contributed by atoms with Crippen LogP contribution in [0, 0.1) is 0 Å². The highest BCUT2D eigenvalue weighted by Gasteiger charge is 2.14. The minimum Gasteiger partial charge on any atom is -0.335 e. The van der Waals surface area contributed by atoms with Gasteiger partial charge in [-0.25, -0.2) is 0 Å². The molecule has 1 N–H and O–H groups in total. The van der Waals surface area contributed by atoms with Crippen LogP contribution < -0.4 is 5.32 Å². The average Bonchev–Trinajstić information content (AvgIpc) is 2.51. The maximum atomic E-state index is 5.87. The SMILES string of the molecule is CC1CN=C(Nc2cccc(Cl)c2)S1. The minimum atomic E-state index is 0.580. The van der Waals surface area contributed by atoms with Crippen molar-refractivity contribution in [3.8, 4) is 0 Å². The Morgan fingerprint density at radius 3 is 3.07 bits per heavy atom. The fourth-order valence-corrected chi connectivity index (χ4v) is 2.28. The van der Waals surface area contributed by atoms with Gasteiger partial charge in [-0.05, 0) is 18.2 Å². The molecule has 1 atom stereocenters. The number of rotatable bonds is 1. The van der Waals surface area contributed by atoms with E-state index in [0.29, 0.717) is 5.25 Å². The van der Waals surface area contributed by atoms with Crippen LogP contribution in [0.3, 0.4) is 0 Å². The first kappa shape index (κ1) is 9.87. The van der Waals surface area contributed by atoms with Crippen molar-refractivity contribution in [1.29, 1.82) is 0 Å².